The molecule has 0 spiro atoms. The number of amides is 1. The molecule has 0 saturated carbocycles. The topological polar surface area (TPSA) is 32.3 Å². The lowest BCUT2D eigenvalue weighted by Crippen LogP contribution is -2.36. The van der Waals surface area contributed by atoms with Crippen LogP contribution < -0.4 is 5.32 Å². The first kappa shape index (κ1) is 13.5. The van der Waals surface area contributed by atoms with Gasteiger partial charge >= 0.3 is 0 Å². The first-order chi connectivity index (χ1) is 7.41. The largest absolute Gasteiger partial charge is 0.341 e. The minimum atomic E-state index is 0.222. The molecule has 0 bridgehead atoms. The lowest BCUT2D eigenvalue weighted by atomic mass is 9.80. The molecular formula is C13H26N2O. The fourth-order valence-electron chi connectivity index (χ4n) is 1.79. The van der Waals surface area contributed by atoms with Gasteiger partial charge < -0.3 is 10.2 Å². The average molecular weight is 226 g/mol. The highest BCUT2D eigenvalue weighted by molar-refractivity contribution is 5.76. The fraction of sp³-hybridized carbons (Fsp3) is 0.923. The molecule has 0 aliphatic carbocycles. The minimum absolute atomic E-state index is 0.222. The molecule has 1 aliphatic heterocycles. The van der Waals surface area contributed by atoms with Gasteiger partial charge in [-0.2, -0.15) is 0 Å². The molecule has 94 valence electrons. The van der Waals surface area contributed by atoms with Crippen molar-refractivity contribution in [3.05, 3.63) is 0 Å². The Labute approximate surface area is 99.6 Å². The van der Waals surface area contributed by atoms with Gasteiger partial charge in [-0.3, -0.25) is 4.79 Å². The third-order valence-electron chi connectivity index (χ3n) is 3.65. The Morgan fingerprint density at radius 1 is 1.31 bits per heavy atom. The van der Waals surface area contributed by atoms with Crippen LogP contribution in [0.15, 0.2) is 0 Å². The van der Waals surface area contributed by atoms with E-state index in [-0.39, 0.29) is 5.41 Å². The van der Waals surface area contributed by atoms with Crippen LogP contribution in [0.4, 0.5) is 0 Å². The van der Waals surface area contributed by atoms with E-state index in [0.717, 1.165) is 32.6 Å². The van der Waals surface area contributed by atoms with Crippen LogP contribution >= 0.6 is 0 Å². The number of nitrogens with one attached hydrogen (secondary N) is 1. The summed E-state index contributed by atoms with van der Waals surface area (Å²) in [6.07, 6.45) is 1.76. The molecule has 1 unspecified atom stereocenters. The summed E-state index contributed by atoms with van der Waals surface area (Å²) in [6.45, 7) is 12.6. The number of hydrogen-bond donors (Lipinski definition) is 1. The second-order valence-electron chi connectivity index (χ2n) is 5.96. The highest BCUT2D eigenvalue weighted by Gasteiger charge is 2.25. The summed E-state index contributed by atoms with van der Waals surface area (Å²) in [4.78, 5) is 14.1. The molecule has 3 heteroatoms. The molecule has 1 heterocycles. The Balaban J connectivity index is 2.44. The Morgan fingerprint density at radius 2 is 2.00 bits per heavy atom. The standard InChI is InChI=1S/C13H26N2O/c1-11(13(2,3)4)10-12(16)15-8-5-6-14-7-9-15/h11,14H,5-10H2,1-4H3. The van der Waals surface area contributed by atoms with Gasteiger partial charge in [-0.05, 0) is 24.3 Å². The second kappa shape index (κ2) is 5.67. The zero-order chi connectivity index (χ0) is 12.2. The van der Waals surface area contributed by atoms with Crippen LogP contribution in [0.2, 0.25) is 0 Å². The van der Waals surface area contributed by atoms with E-state index in [1.165, 1.54) is 0 Å². The number of nitrogens with zero attached hydrogens (tertiary/aromatic N) is 1. The van der Waals surface area contributed by atoms with Gasteiger partial charge in [0.05, 0.1) is 0 Å². The molecule has 1 aliphatic rings. The highest BCUT2D eigenvalue weighted by Crippen LogP contribution is 2.28. The first-order valence-electron chi connectivity index (χ1n) is 6.40. The van der Waals surface area contributed by atoms with E-state index in [1.54, 1.807) is 0 Å². The van der Waals surface area contributed by atoms with Crippen LogP contribution in [0.3, 0.4) is 0 Å². The van der Waals surface area contributed by atoms with Gasteiger partial charge in [0, 0.05) is 26.1 Å². The fourth-order valence-corrected chi connectivity index (χ4v) is 1.79. The first-order valence-corrected chi connectivity index (χ1v) is 6.40. The molecule has 0 aromatic heterocycles. The molecule has 16 heavy (non-hydrogen) atoms. The average Bonchev–Trinajstić information content (AvgIpc) is 2.43. The SMILES string of the molecule is CC(CC(=O)N1CCCNCC1)C(C)(C)C. The molecule has 1 fully saturated rings. The molecule has 0 aromatic carbocycles. The Bertz CT molecular complexity index is 225. The van der Waals surface area contributed by atoms with Crippen molar-refractivity contribution in [2.24, 2.45) is 11.3 Å². The van der Waals surface area contributed by atoms with Crippen molar-refractivity contribution in [2.45, 2.75) is 40.5 Å². The monoisotopic (exact) mass is 226 g/mol. The Hall–Kier alpha value is -0.570. The maximum Gasteiger partial charge on any atom is 0.222 e. The van der Waals surface area contributed by atoms with Crippen LogP contribution in [-0.4, -0.2) is 37.0 Å². The Morgan fingerprint density at radius 3 is 2.62 bits per heavy atom. The van der Waals surface area contributed by atoms with Crippen LogP contribution in [0.5, 0.6) is 0 Å². The van der Waals surface area contributed by atoms with Gasteiger partial charge in [0.15, 0.2) is 0 Å². The predicted molar refractivity (Wildman–Crippen MR) is 67.3 cm³/mol. The van der Waals surface area contributed by atoms with Crippen molar-refractivity contribution >= 4 is 5.91 Å². The summed E-state index contributed by atoms with van der Waals surface area (Å²) in [7, 11) is 0. The third kappa shape index (κ3) is 4.12. The highest BCUT2D eigenvalue weighted by atomic mass is 16.2. The normalized spacial score (nSPS) is 20.4. The van der Waals surface area contributed by atoms with Gasteiger partial charge in [0.25, 0.3) is 0 Å². The summed E-state index contributed by atoms with van der Waals surface area (Å²) in [6, 6.07) is 0. The molecule has 1 saturated heterocycles. The predicted octanol–water partition coefficient (Wildman–Crippen LogP) is 1.88. The quantitative estimate of drug-likeness (QED) is 0.780. The van der Waals surface area contributed by atoms with Crippen molar-refractivity contribution in [2.75, 3.05) is 26.2 Å². The smallest absolute Gasteiger partial charge is 0.222 e. The molecule has 1 atom stereocenters. The maximum absolute atomic E-state index is 12.1. The molecule has 1 amide bonds. The van der Waals surface area contributed by atoms with Crippen molar-refractivity contribution in [3.63, 3.8) is 0 Å². The zero-order valence-corrected chi connectivity index (χ0v) is 11.2. The zero-order valence-electron chi connectivity index (χ0n) is 11.2. The Kier molecular flexibility index (Phi) is 4.78. The van der Waals surface area contributed by atoms with Crippen LogP contribution in [0.25, 0.3) is 0 Å². The van der Waals surface area contributed by atoms with Gasteiger partial charge in [-0.15, -0.1) is 0 Å². The molecule has 0 aromatic rings. The number of rotatable bonds is 2. The van der Waals surface area contributed by atoms with Crippen LogP contribution in [-0.2, 0) is 4.79 Å². The summed E-state index contributed by atoms with van der Waals surface area (Å²) in [5, 5.41) is 3.32. The molecule has 0 radical (unpaired) electrons. The van der Waals surface area contributed by atoms with Crippen molar-refractivity contribution in [1.82, 2.24) is 10.2 Å². The molecule has 3 nitrogen and oxygen atoms in total. The number of carbonyl (C=O) groups excluding carboxylic acids is 1. The maximum atomic E-state index is 12.1. The van der Waals surface area contributed by atoms with E-state index >= 15 is 0 Å². The van der Waals surface area contributed by atoms with Crippen molar-refractivity contribution in [3.8, 4) is 0 Å². The minimum Gasteiger partial charge on any atom is -0.341 e. The van der Waals surface area contributed by atoms with Gasteiger partial charge in [-0.1, -0.05) is 27.7 Å². The molecule has 1 N–H and O–H groups in total. The summed E-state index contributed by atoms with van der Waals surface area (Å²) >= 11 is 0. The molecular weight excluding hydrogens is 200 g/mol. The van der Waals surface area contributed by atoms with E-state index in [0.29, 0.717) is 18.2 Å². The van der Waals surface area contributed by atoms with E-state index in [4.69, 9.17) is 0 Å². The number of hydrogen-bond acceptors (Lipinski definition) is 2. The van der Waals surface area contributed by atoms with Gasteiger partial charge in [0.2, 0.25) is 5.91 Å². The van der Waals surface area contributed by atoms with E-state index in [1.807, 2.05) is 4.90 Å². The third-order valence-corrected chi connectivity index (χ3v) is 3.65. The van der Waals surface area contributed by atoms with E-state index < -0.39 is 0 Å². The molecule has 1 rings (SSSR count). The second-order valence-corrected chi connectivity index (χ2v) is 5.96. The van der Waals surface area contributed by atoms with Crippen molar-refractivity contribution in [1.29, 1.82) is 0 Å². The lowest BCUT2D eigenvalue weighted by Gasteiger charge is -2.29. The van der Waals surface area contributed by atoms with E-state index in [2.05, 4.69) is 33.0 Å². The van der Waals surface area contributed by atoms with Crippen molar-refractivity contribution < 1.29 is 4.79 Å². The van der Waals surface area contributed by atoms with Gasteiger partial charge in [-0.25, -0.2) is 0 Å². The lowest BCUT2D eigenvalue weighted by molar-refractivity contribution is -0.132. The van der Waals surface area contributed by atoms with Crippen LogP contribution in [0, 0.1) is 11.3 Å². The number of carbonyl (C=O) groups is 1. The summed E-state index contributed by atoms with van der Waals surface area (Å²) in [5.74, 6) is 0.766. The van der Waals surface area contributed by atoms with Gasteiger partial charge in [0.1, 0.15) is 0 Å². The van der Waals surface area contributed by atoms with E-state index in [9.17, 15) is 4.79 Å². The summed E-state index contributed by atoms with van der Waals surface area (Å²) < 4.78 is 0. The summed E-state index contributed by atoms with van der Waals surface area (Å²) in [5.41, 5.74) is 0.222. The van der Waals surface area contributed by atoms with Crippen LogP contribution in [0.1, 0.15) is 40.5 Å².